The molecular weight excluding hydrogens is 528 g/mol. The first kappa shape index (κ1) is 28.9. The van der Waals surface area contributed by atoms with Gasteiger partial charge in [-0.25, -0.2) is 9.78 Å². The SMILES string of the molecule is C=C(C(=O)O)[C@H]1[C@@H](Cc2cccc(OCCc3nc(-c4ccccc4)oc3C)c2)C(=O)N1c1ccc(C(C)(C)C)cc1. The summed E-state index contributed by atoms with van der Waals surface area (Å²) in [6, 6.07) is 24.4. The minimum Gasteiger partial charge on any atom is -0.493 e. The molecule has 0 unspecified atom stereocenters. The molecule has 3 aromatic carbocycles. The molecular formula is C35H36N2O5. The first-order valence-electron chi connectivity index (χ1n) is 14.1. The van der Waals surface area contributed by atoms with Crippen molar-refractivity contribution in [1.29, 1.82) is 0 Å². The Morgan fingerprint density at radius 3 is 2.43 bits per heavy atom. The molecule has 5 rings (SSSR count). The van der Waals surface area contributed by atoms with Gasteiger partial charge < -0.3 is 19.2 Å². The molecule has 0 bridgehead atoms. The molecule has 216 valence electrons. The van der Waals surface area contributed by atoms with Crippen molar-refractivity contribution in [3.63, 3.8) is 0 Å². The average molecular weight is 565 g/mol. The second-order valence-electron chi connectivity index (χ2n) is 11.7. The number of amides is 1. The molecule has 1 aliphatic heterocycles. The number of oxazole rings is 1. The Hall–Kier alpha value is -4.65. The number of rotatable bonds is 10. The summed E-state index contributed by atoms with van der Waals surface area (Å²) < 4.78 is 11.9. The summed E-state index contributed by atoms with van der Waals surface area (Å²) in [5.74, 6) is 0.272. The maximum absolute atomic E-state index is 13.4. The number of aromatic nitrogens is 1. The molecule has 0 saturated carbocycles. The summed E-state index contributed by atoms with van der Waals surface area (Å²) in [5.41, 5.74) is 4.44. The molecule has 4 aromatic rings. The number of carbonyl (C=O) groups is 2. The normalized spacial score (nSPS) is 16.7. The van der Waals surface area contributed by atoms with Crippen LogP contribution in [0, 0.1) is 12.8 Å². The van der Waals surface area contributed by atoms with E-state index in [0.717, 1.165) is 28.1 Å². The Kier molecular flexibility index (Phi) is 8.03. The Labute approximate surface area is 246 Å². The molecule has 7 heteroatoms. The van der Waals surface area contributed by atoms with Gasteiger partial charge in [0.25, 0.3) is 0 Å². The summed E-state index contributed by atoms with van der Waals surface area (Å²) in [7, 11) is 0. The third-order valence-electron chi connectivity index (χ3n) is 7.73. The largest absolute Gasteiger partial charge is 0.493 e. The minimum atomic E-state index is -1.11. The second-order valence-corrected chi connectivity index (χ2v) is 11.7. The van der Waals surface area contributed by atoms with Crippen LogP contribution in [0.2, 0.25) is 0 Å². The van der Waals surface area contributed by atoms with Gasteiger partial charge in [-0.05, 0) is 66.3 Å². The van der Waals surface area contributed by atoms with Crippen molar-refractivity contribution in [2.24, 2.45) is 5.92 Å². The highest BCUT2D eigenvalue weighted by Crippen LogP contribution is 2.39. The molecule has 1 saturated heterocycles. The number of aryl methyl sites for hydroxylation is 1. The Morgan fingerprint density at radius 2 is 1.76 bits per heavy atom. The van der Waals surface area contributed by atoms with Crippen LogP contribution in [0.25, 0.3) is 11.5 Å². The molecule has 1 aromatic heterocycles. The molecule has 2 heterocycles. The zero-order valence-corrected chi connectivity index (χ0v) is 24.5. The fraction of sp³-hybridized carbons (Fsp3) is 0.286. The van der Waals surface area contributed by atoms with Crippen molar-refractivity contribution in [3.05, 3.63) is 114 Å². The highest BCUT2D eigenvalue weighted by Gasteiger charge is 2.50. The number of nitrogens with zero attached hydrogens (tertiary/aromatic N) is 2. The van der Waals surface area contributed by atoms with Crippen LogP contribution in [-0.2, 0) is 27.8 Å². The van der Waals surface area contributed by atoms with Gasteiger partial charge in [0.05, 0.1) is 29.8 Å². The van der Waals surface area contributed by atoms with Gasteiger partial charge in [0, 0.05) is 17.7 Å². The zero-order chi connectivity index (χ0) is 30.0. The highest BCUT2D eigenvalue weighted by atomic mass is 16.5. The van der Waals surface area contributed by atoms with Gasteiger partial charge in [0.1, 0.15) is 11.5 Å². The first-order chi connectivity index (χ1) is 20.0. The predicted octanol–water partition coefficient (Wildman–Crippen LogP) is 6.78. The number of ether oxygens (including phenoxy) is 1. The maximum atomic E-state index is 13.4. The van der Waals surface area contributed by atoms with Crippen LogP contribution in [-0.4, -0.2) is 34.6 Å². The number of hydrogen-bond acceptors (Lipinski definition) is 5. The predicted molar refractivity (Wildman–Crippen MR) is 163 cm³/mol. The fourth-order valence-corrected chi connectivity index (χ4v) is 5.33. The van der Waals surface area contributed by atoms with Crippen LogP contribution in [0.5, 0.6) is 5.75 Å². The fourth-order valence-electron chi connectivity index (χ4n) is 5.33. The number of aliphatic carboxylic acids is 1. The lowest BCUT2D eigenvalue weighted by molar-refractivity contribution is -0.135. The number of carboxylic acid groups (broad SMARTS) is 1. The number of hydrogen-bond donors (Lipinski definition) is 1. The average Bonchev–Trinajstić information content (AvgIpc) is 3.34. The van der Waals surface area contributed by atoms with E-state index in [1.807, 2.05) is 85.8 Å². The van der Waals surface area contributed by atoms with Crippen LogP contribution < -0.4 is 9.64 Å². The molecule has 7 nitrogen and oxygen atoms in total. The van der Waals surface area contributed by atoms with Gasteiger partial charge in [-0.15, -0.1) is 0 Å². The van der Waals surface area contributed by atoms with Gasteiger partial charge in [-0.3, -0.25) is 4.79 Å². The standard InChI is InChI=1S/C35H36N2O5/c1-22(34(39)40)31-29(33(38)37(31)27-16-14-26(15-17-27)35(3,4)5)21-24-10-9-13-28(20-24)41-19-18-30-23(2)42-32(36-30)25-11-7-6-8-12-25/h6-17,20,29,31H,1,18-19,21H2,2-5H3,(H,39,40)/t29-,31+/m1/s1. The first-order valence-corrected chi connectivity index (χ1v) is 14.1. The Bertz CT molecular complexity index is 1600. The molecule has 1 amide bonds. The molecule has 0 spiro atoms. The van der Waals surface area contributed by atoms with E-state index in [0.29, 0.717) is 36.8 Å². The van der Waals surface area contributed by atoms with Crippen molar-refractivity contribution in [2.45, 2.75) is 52.0 Å². The summed E-state index contributed by atoms with van der Waals surface area (Å²) >= 11 is 0. The van der Waals surface area contributed by atoms with Crippen LogP contribution in [0.1, 0.15) is 43.4 Å². The van der Waals surface area contributed by atoms with Crippen molar-refractivity contribution in [1.82, 2.24) is 4.98 Å². The van der Waals surface area contributed by atoms with Gasteiger partial charge in [0.2, 0.25) is 11.8 Å². The van der Waals surface area contributed by atoms with E-state index in [1.54, 1.807) is 4.90 Å². The molecule has 2 atom stereocenters. The minimum absolute atomic E-state index is 0.00440. The monoisotopic (exact) mass is 564 g/mol. The van der Waals surface area contributed by atoms with E-state index >= 15 is 0 Å². The van der Waals surface area contributed by atoms with E-state index in [-0.39, 0.29) is 16.9 Å². The smallest absolute Gasteiger partial charge is 0.333 e. The van der Waals surface area contributed by atoms with Gasteiger partial charge >= 0.3 is 5.97 Å². The summed E-state index contributed by atoms with van der Waals surface area (Å²) in [5, 5.41) is 9.75. The van der Waals surface area contributed by atoms with Gasteiger partial charge in [0.15, 0.2) is 0 Å². The molecule has 42 heavy (non-hydrogen) atoms. The van der Waals surface area contributed by atoms with E-state index in [1.165, 1.54) is 0 Å². The highest BCUT2D eigenvalue weighted by molar-refractivity contribution is 6.07. The summed E-state index contributed by atoms with van der Waals surface area (Å²) in [4.78, 5) is 31.5. The quantitative estimate of drug-likeness (QED) is 0.169. The lowest BCUT2D eigenvalue weighted by Gasteiger charge is -2.47. The third-order valence-corrected chi connectivity index (χ3v) is 7.73. The molecule has 1 N–H and O–H groups in total. The van der Waals surface area contributed by atoms with Crippen molar-refractivity contribution in [3.8, 4) is 17.2 Å². The topological polar surface area (TPSA) is 92.9 Å². The van der Waals surface area contributed by atoms with Crippen LogP contribution in [0.15, 0.2) is 95.4 Å². The van der Waals surface area contributed by atoms with E-state index in [4.69, 9.17) is 9.15 Å². The van der Waals surface area contributed by atoms with Gasteiger partial charge in [-0.1, -0.05) is 69.8 Å². The number of carboxylic acids is 1. The van der Waals surface area contributed by atoms with E-state index in [9.17, 15) is 14.7 Å². The van der Waals surface area contributed by atoms with Gasteiger partial charge in [-0.2, -0.15) is 0 Å². The molecule has 1 fully saturated rings. The lowest BCUT2D eigenvalue weighted by atomic mass is 9.78. The van der Waals surface area contributed by atoms with Crippen LogP contribution in [0.3, 0.4) is 0 Å². The number of carbonyl (C=O) groups excluding carboxylic acids is 1. The van der Waals surface area contributed by atoms with Crippen LogP contribution >= 0.6 is 0 Å². The second kappa shape index (κ2) is 11.7. The van der Waals surface area contributed by atoms with Crippen LogP contribution in [0.4, 0.5) is 5.69 Å². The zero-order valence-electron chi connectivity index (χ0n) is 24.5. The summed E-state index contributed by atoms with van der Waals surface area (Å²) in [6.45, 7) is 12.5. The van der Waals surface area contributed by atoms with E-state index < -0.39 is 17.9 Å². The van der Waals surface area contributed by atoms with Crippen molar-refractivity contribution in [2.75, 3.05) is 11.5 Å². The lowest BCUT2D eigenvalue weighted by Crippen LogP contribution is -2.63. The summed E-state index contributed by atoms with van der Waals surface area (Å²) in [6.07, 6.45) is 0.962. The third kappa shape index (κ3) is 6.00. The van der Waals surface area contributed by atoms with E-state index in [2.05, 4.69) is 32.3 Å². The molecule has 0 aliphatic carbocycles. The number of anilines is 1. The van der Waals surface area contributed by atoms with Crippen molar-refractivity contribution >= 4 is 17.6 Å². The Balaban J connectivity index is 1.25. The maximum Gasteiger partial charge on any atom is 0.333 e. The van der Waals surface area contributed by atoms with Crippen molar-refractivity contribution < 1.29 is 23.8 Å². The number of β-lactam (4-membered cyclic amide) rings is 1. The Morgan fingerprint density at radius 1 is 1.05 bits per heavy atom. The molecule has 1 aliphatic rings. The number of benzene rings is 3. The molecule has 0 radical (unpaired) electrons.